The van der Waals surface area contributed by atoms with Crippen LogP contribution in [0.2, 0.25) is 0 Å². The van der Waals surface area contributed by atoms with Crippen LogP contribution in [0.15, 0.2) is 41.3 Å². The number of fused-ring (bicyclic) bond motifs is 1. The molecule has 0 aromatic heterocycles. The van der Waals surface area contributed by atoms with Crippen molar-refractivity contribution >= 4 is 31.8 Å². The highest BCUT2D eigenvalue weighted by Crippen LogP contribution is 2.28. The zero-order chi connectivity index (χ0) is 18.3. The molecule has 1 heterocycles. The predicted molar refractivity (Wildman–Crippen MR) is 105 cm³/mol. The van der Waals surface area contributed by atoms with Crippen LogP contribution in [-0.2, 0) is 21.0 Å². The Balaban J connectivity index is 0.000000399. The van der Waals surface area contributed by atoms with Gasteiger partial charge in [-0.3, -0.25) is 0 Å². The van der Waals surface area contributed by atoms with Crippen LogP contribution < -0.4 is 4.74 Å². The van der Waals surface area contributed by atoms with Gasteiger partial charge < -0.3 is 9.29 Å². The van der Waals surface area contributed by atoms with Gasteiger partial charge in [-0.05, 0) is 54.3 Å². The summed E-state index contributed by atoms with van der Waals surface area (Å²) in [5.41, 5.74) is 0. The Kier molecular flexibility index (Phi) is 7.59. The van der Waals surface area contributed by atoms with Gasteiger partial charge in [0.1, 0.15) is 17.3 Å². The summed E-state index contributed by atoms with van der Waals surface area (Å²) in [4.78, 5) is 1.55. The highest BCUT2D eigenvalue weighted by molar-refractivity contribution is 7.97. The lowest BCUT2D eigenvalue weighted by atomic mass is 10.1. The molecule has 0 N–H and O–H groups in total. The zero-order valence-electron chi connectivity index (χ0n) is 14.9. The van der Waals surface area contributed by atoms with E-state index in [4.69, 9.17) is 17.7 Å². The molecule has 2 aromatic carbocycles. The minimum absolute atomic E-state index is 0.511. The van der Waals surface area contributed by atoms with E-state index in [1.54, 1.807) is 4.90 Å². The third-order valence-corrected chi connectivity index (χ3v) is 6.40. The summed E-state index contributed by atoms with van der Waals surface area (Å²) in [5.74, 6) is 3.79. The number of ether oxygens (including phenoxy) is 1. The minimum atomic E-state index is -3.92. The molecular formula is C19H26O4S2. The summed E-state index contributed by atoms with van der Waals surface area (Å²) in [6, 6.07) is 13.5. The summed E-state index contributed by atoms with van der Waals surface area (Å²) in [6.45, 7) is 3.01. The molecule has 1 fully saturated rings. The van der Waals surface area contributed by atoms with Crippen LogP contribution in [0.3, 0.4) is 0 Å². The first-order chi connectivity index (χ1) is 11.9. The van der Waals surface area contributed by atoms with Crippen LogP contribution >= 0.6 is 0 Å². The second-order valence-corrected chi connectivity index (χ2v) is 9.87. The van der Waals surface area contributed by atoms with E-state index in [2.05, 4.69) is 43.3 Å². The van der Waals surface area contributed by atoms with Crippen molar-refractivity contribution in [3.63, 3.8) is 0 Å². The van der Waals surface area contributed by atoms with Gasteiger partial charge in [0, 0.05) is 23.2 Å². The highest BCUT2D eigenvalue weighted by atomic mass is 32.2. The molecule has 0 amide bonds. The Hall–Kier alpha value is -1.24. The first-order valence-electron chi connectivity index (χ1n) is 8.62. The Morgan fingerprint density at radius 3 is 2.32 bits per heavy atom. The fourth-order valence-corrected chi connectivity index (χ4v) is 5.03. The molecule has 0 bridgehead atoms. The lowest BCUT2D eigenvalue weighted by molar-refractivity contribution is 0.310. The minimum Gasteiger partial charge on any atom is -0.748 e. The largest absolute Gasteiger partial charge is 0.748 e. The molecule has 1 aliphatic heterocycles. The van der Waals surface area contributed by atoms with Crippen LogP contribution in [0.1, 0.15) is 32.6 Å². The first-order valence-corrected chi connectivity index (χ1v) is 12.0. The molecule has 2 aromatic rings. The monoisotopic (exact) mass is 382 g/mol. The SMILES string of the molecule is CCCCOc1ccc2cc([S+]3CCCC3)ccc2c1.CS(=O)(=O)[O-]. The third-order valence-electron chi connectivity index (χ3n) is 3.91. The Morgan fingerprint density at radius 2 is 1.68 bits per heavy atom. The van der Waals surface area contributed by atoms with Gasteiger partial charge in [0.15, 0.2) is 4.90 Å². The van der Waals surface area contributed by atoms with Crippen LogP contribution in [0.25, 0.3) is 10.8 Å². The number of rotatable bonds is 5. The van der Waals surface area contributed by atoms with Crippen molar-refractivity contribution in [3.8, 4) is 5.75 Å². The number of hydrogen-bond donors (Lipinski definition) is 0. The van der Waals surface area contributed by atoms with Gasteiger partial charge in [0.05, 0.1) is 16.7 Å². The fourth-order valence-electron chi connectivity index (χ4n) is 2.70. The number of benzene rings is 2. The van der Waals surface area contributed by atoms with Crippen LogP contribution in [0, 0.1) is 0 Å². The molecule has 0 aliphatic carbocycles. The Morgan fingerprint density at radius 1 is 1.08 bits per heavy atom. The average molecular weight is 383 g/mol. The van der Waals surface area contributed by atoms with E-state index in [9.17, 15) is 0 Å². The second-order valence-electron chi connectivity index (χ2n) is 6.19. The van der Waals surface area contributed by atoms with Gasteiger partial charge in [0.25, 0.3) is 0 Å². The van der Waals surface area contributed by atoms with E-state index in [-0.39, 0.29) is 0 Å². The van der Waals surface area contributed by atoms with Crippen molar-refractivity contribution in [2.24, 2.45) is 0 Å². The molecule has 0 unspecified atom stereocenters. The van der Waals surface area contributed by atoms with Crippen LogP contribution in [0.4, 0.5) is 0 Å². The molecule has 1 aliphatic rings. The zero-order valence-corrected chi connectivity index (χ0v) is 16.5. The predicted octanol–water partition coefficient (Wildman–Crippen LogP) is 3.95. The van der Waals surface area contributed by atoms with E-state index in [1.165, 1.54) is 41.5 Å². The first kappa shape index (κ1) is 20.1. The van der Waals surface area contributed by atoms with E-state index in [1.807, 2.05) is 0 Å². The van der Waals surface area contributed by atoms with Crippen molar-refractivity contribution in [1.82, 2.24) is 0 Å². The van der Waals surface area contributed by atoms with Gasteiger partial charge in [0.2, 0.25) is 0 Å². The van der Waals surface area contributed by atoms with Crippen molar-refractivity contribution in [2.45, 2.75) is 37.5 Å². The van der Waals surface area contributed by atoms with E-state index in [0.717, 1.165) is 18.8 Å². The molecule has 138 valence electrons. The smallest absolute Gasteiger partial charge is 0.155 e. The maximum Gasteiger partial charge on any atom is 0.155 e. The summed E-state index contributed by atoms with van der Waals surface area (Å²) in [5, 5.41) is 2.65. The van der Waals surface area contributed by atoms with Crippen molar-refractivity contribution in [1.29, 1.82) is 0 Å². The summed E-state index contributed by atoms with van der Waals surface area (Å²) in [6.07, 6.45) is 5.72. The van der Waals surface area contributed by atoms with Crippen LogP contribution in [0.5, 0.6) is 5.75 Å². The number of hydrogen-bond acceptors (Lipinski definition) is 4. The molecule has 0 spiro atoms. The standard InChI is InChI=1S/C18H23OS.CH4O3S/c1-2-3-10-19-17-8-6-16-14-18(9-7-15(16)13-17)20-11-4-5-12-20;1-5(2,3)4/h6-9,13-14H,2-5,10-12H2,1H3;1H3,(H,2,3,4)/q+1;/p-1. The van der Waals surface area contributed by atoms with Gasteiger partial charge in [-0.1, -0.05) is 19.4 Å². The Labute approximate surface area is 153 Å². The molecule has 0 atom stereocenters. The average Bonchev–Trinajstić information content (AvgIpc) is 3.07. The van der Waals surface area contributed by atoms with Crippen LogP contribution in [-0.4, -0.2) is 37.3 Å². The molecular weight excluding hydrogens is 356 g/mol. The maximum atomic E-state index is 9.08. The van der Waals surface area contributed by atoms with E-state index < -0.39 is 10.1 Å². The van der Waals surface area contributed by atoms with Gasteiger partial charge in [-0.15, -0.1) is 0 Å². The highest BCUT2D eigenvalue weighted by Gasteiger charge is 2.26. The maximum absolute atomic E-state index is 9.08. The summed E-state index contributed by atoms with van der Waals surface area (Å²) in [7, 11) is -3.41. The molecule has 0 radical (unpaired) electrons. The second kappa shape index (κ2) is 9.46. The Bertz CT molecular complexity index is 773. The van der Waals surface area contributed by atoms with E-state index in [0.29, 0.717) is 17.2 Å². The molecule has 1 saturated heterocycles. The van der Waals surface area contributed by atoms with Gasteiger partial charge >= 0.3 is 0 Å². The molecule has 4 nitrogen and oxygen atoms in total. The normalized spacial score (nSPS) is 15.0. The van der Waals surface area contributed by atoms with Gasteiger partial charge in [-0.2, -0.15) is 0 Å². The molecule has 0 saturated carbocycles. The van der Waals surface area contributed by atoms with Crippen molar-refractivity contribution in [2.75, 3.05) is 24.4 Å². The number of unbranched alkanes of at least 4 members (excludes halogenated alkanes) is 1. The molecule has 3 rings (SSSR count). The molecule has 25 heavy (non-hydrogen) atoms. The fraction of sp³-hybridized carbons (Fsp3) is 0.474. The summed E-state index contributed by atoms with van der Waals surface area (Å²) >= 11 is 0. The quantitative estimate of drug-likeness (QED) is 0.446. The lowest BCUT2D eigenvalue weighted by Gasteiger charge is -2.07. The topological polar surface area (TPSA) is 66.4 Å². The lowest BCUT2D eigenvalue weighted by Crippen LogP contribution is -2.03. The summed E-state index contributed by atoms with van der Waals surface area (Å²) < 4.78 is 33.0. The van der Waals surface area contributed by atoms with E-state index >= 15 is 0 Å². The van der Waals surface area contributed by atoms with Crippen molar-refractivity contribution < 1.29 is 17.7 Å². The molecule has 6 heteroatoms. The van der Waals surface area contributed by atoms with Gasteiger partial charge in [-0.25, -0.2) is 8.42 Å². The van der Waals surface area contributed by atoms with Crippen molar-refractivity contribution in [3.05, 3.63) is 36.4 Å². The third kappa shape index (κ3) is 7.26.